The molecule has 0 radical (unpaired) electrons. The Morgan fingerprint density at radius 2 is 2.47 bits per heavy atom. The van der Waals surface area contributed by atoms with Crippen LogP contribution in [-0.2, 0) is 18.3 Å². The van der Waals surface area contributed by atoms with Gasteiger partial charge in [0, 0.05) is 25.4 Å². The third kappa shape index (κ3) is 4.17. The summed E-state index contributed by atoms with van der Waals surface area (Å²) in [6.45, 7) is 0.541. The van der Waals surface area contributed by atoms with Crippen LogP contribution in [0.3, 0.4) is 0 Å². The molecule has 3 N–H and O–H groups in total. The summed E-state index contributed by atoms with van der Waals surface area (Å²) in [6, 6.07) is 0. The average molecular weight is 299 g/mol. The Bertz CT molecular complexity index is 552. The normalized spacial score (nSPS) is 10.6. The number of carbonyl (C=O) groups is 1. The minimum atomic E-state index is -0.0591. The molecule has 10 heteroatoms. The molecule has 0 unspecified atom stereocenters. The van der Waals surface area contributed by atoms with Crippen LogP contribution >= 0.6 is 23.1 Å². The Balaban J connectivity index is 1.66. The molecular weight excluding hydrogens is 286 g/mol. The molecule has 0 spiro atoms. The number of carbonyl (C=O) groups excluding carboxylic acids is 1. The van der Waals surface area contributed by atoms with E-state index in [0.717, 1.165) is 5.69 Å². The van der Waals surface area contributed by atoms with Gasteiger partial charge < -0.3 is 11.1 Å². The highest BCUT2D eigenvalue weighted by Gasteiger charge is 2.07. The van der Waals surface area contributed by atoms with Crippen LogP contribution in [0.15, 0.2) is 10.5 Å². The minimum absolute atomic E-state index is 0.0591. The second-order valence-corrected chi connectivity index (χ2v) is 5.48. The van der Waals surface area contributed by atoms with Crippen LogP contribution in [0.4, 0.5) is 5.13 Å². The molecule has 102 valence electrons. The SMILES string of the molecule is Cn1nnnc1SCC(=O)NCCc1csc(N)n1. The molecule has 2 aromatic heterocycles. The highest BCUT2D eigenvalue weighted by Crippen LogP contribution is 2.12. The van der Waals surface area contributed by atoms with Crippen molar-refractivity contribution < 1.29 is 4.79 Å². The summed E-state index contributed by atoms with van der Waals surface area (Å²) in [5, 5.41) is 16.8. The molecular formula is C9H13N7OS2. The number of hydrogen-bond acceptors (Lipinski definition) is 8. The van der Waals surface area contributed by atoms with E-state index in [-0.39, 0.29) is 11.7 Å². The van der Waals surface area contributed by atoms with Crippen molar-refractivity contribution in [3.63, 3.8) is 0 Å². The van der Waals surface area contributed by atoms with Crippen LogP contribution in [-0.4, -0.2) is 43.4 Å². The molecule has 0 saturated carbocycles. The highest BCUT2D eigenvalue weighted by atomic mass is 32.2. The van der Waals surface area contributed by atoms with Gasteiger partial charge in [0.15, 0.2) is 5.13 Å². The summed E-state index contributed by atoms with van der Waals surface area (Å²) in [5.74, 6) is 0.226. The standard InChI is InChI=1S/C9H13N7OS2/c1-16-9(13-14-15-16)19-5-7(17)11-3-2-6-4-18-8(10)12-6/h4H,2-3,5H2,1H3,(H2,10,12)(H,11,17). The topological polar surface area (TPSA) is 112 Å². The van der Waals surface area contributed by atoms with E-state index in [4.69, 9.17) is 5.73 Å². The molecule has 2 heterocycles. The molecule has 0 atom stereocenters. The molecule has 19 heavy (non-hydrogen) atoms. The van der Waals surface area contributed by atoms with Crippen molar-refractivity contribution in [2.45, 2.75) is 11.6 Å². The predicted molar refractivity (Wildman–Crippen MR) is 72.8 cm³/mol. The molecule has 2 aromatic rings. The number of rotatable bonds is 6. The molecule has 0 aliphatic carbocycles. The summed E-state index contributed by atoms with van der Waals surface area (Å²) in [7, 11) is 1.73. The third-order valence-corrected chi connectivity index (χ3v) is 3.92. The van der Waals surface area contributed by atoms with Gasteiger partial charge in [-0.25, -0.2) is 9.67 Å². The number of amides is 1. The number of thioether (sulfide) groups is 1. The van der Waals surface area contributed by atoms with E-state index in [1.165, 1.54) is 27.8 Å². The van der Waals surface area contributed by atoms with Gasteiger partial charge in [0.25, 0.3) is 0 Å². The molecule has 0 aliphatic rings. The lowest BCUT2D eigenvalue weighted by Gasteiger charge is -2.03. The maximum atomic E-state index is 11.6. The van der Waals surface area contributed by atoms with Gasteiger partial charge in [0.2, 0.25) is 11.1 Å². The number of aromatic nitrogens is 5. The second kappa shape index (κ2) is 6.48. The van der Waals surface area contributed by atoms with Crippen LogP contribution < -0.4 is 11.1 Å². The number of aryl methyl sites for hydroxylation is 1. The van der Waals surface area contributed by atoms with Crippen molar-refractivity contribution >= 4 is 34.1 Å². The molecule has 8 nitrogen and oxygen atoms in total. The van der Waals surface area contributed by atoms with Gasteiger partial charge in [-0.1, -0.05) is 11.8 Å². The van der Waals surface area contributed by atoms with Gasteiger partial charge in [0.1, 0.15) is 0 Å². The van der Waals surface area contributed by atoms with Gasteiger partial charge >= 0.3 is 0 Å². The minimum Gasteiger partial charge on any atom is -0.375 e. The number of tetrazole rings is 1. The quantitative estimate of drug-likeness (QED) is 0.704. The lowest BCUT2D eigenvalue weighted by atomic mass is 10.3. The maximum Gasteiger partial charge on any atom is 0.230 e. The van der Waals surface area contributed by atoms with Crippen molar-refractivity contribution in [3.05, 3.63) is 11.1 Å². The van der Waals surface area contributed by atoms with Crippen molar-refractivity contribution in [3.8, 4) is 0 Å². The summed E-state index contributed by atoms with van der Waals surface area (Å²) in [4.78, 5) is 15.7. The third-order valence-electron chi connectivity index (χ3n) is 2.19. The van der Waals surface area contributed by atoms with Crippen LogP contribution in [0.5, 0.6) is 0 Å². The molecule has 1 amide bonds. The van der Waals surface area contributed by atoms with E-state index >= 15 is 0 Å². The van der Waals surface area contributed by atoms with Crippen LogP contribution in [0.2, 0.25) is 0 Å². The molecule has 0 aliphatic heterocycles. The fourth-order valence-corrected chi connectivity index (χ4v) is 2.57. The Labute approximate surface area is 117 Å². The zero-order chi connectivity index (χ0) is 13.7. The number of thiazole rings is 1. The summed E-state index contributed by atoms with van der Waals surface area (Å²) >= 11 is 2.69. The zero-order valence-electron chi connectivity index (χ0n) is 10.2. The molecule has 0 bridgehead atoms. The fourth-order valence-electron chi connectivity index (χ4n) is 1.29. The number of nitrogens with two attached hydrogens (primary N) is 1. The average Bonchev–Trinajstić information content (AvgIpc) is 2.96. The monoisotopic (exact) mass is 299 g/mol. The number of nitrogen functional groups attached to an aromatic ring is 1. The van der Waals surface area contributed by atoms with Crippen molar-refractivity contribution in [1.82, 2.24) is 30.5 Å². The summed E-state index contributed by atoms with van der Waals surface area (Å²) in [6.07, 6.45) is 0.676. The van der Waals surface area contributed by atoms with Crippen molar-refractivity contribution in [1.29, 1.82) is 0 Å². The van der Waals surface area contributed by atoms with E-state index in [0.29, 0.717) is 23.3 Å². The van der Waals surface area contributed by atoms with Gasteiger partial charge in [-0.05, 0) is 10.4 Å². The fraction of sp³-hybridized carbons (Fsp3) is 0.444. The maximum absolute atomic E-state index is 11.6. The Hall–Kier alpha value is -1.68. The van der Waals surface area contributed by atoms with Gasteiger partial charge in [-0.15, -0.1) is 16.4 Å². The number of hydrogen-bond donors (Lipinski definition) is 2. The number of anilines is 1. The van der Waals surface area contributed by atoms with Crippen molar-refractivity contribution in [2.75, 3.05) is 18.0 Å². The zero-order valence-corrected chi connectivity index (χ0v) is 11.9. The first kappa shape index (κ1) is 13.7. The van der Waals surface area contributed by atoms with Gasteiger partial charge in [-0.2, -0.15) is 0 Å². The molecule has 0 aromatic carbocycles. The first-order valence-corrected chi connectivity index (χ1v) is 7.33. The lowest BCUT2D eigenvalue weighted by molar-refractivity contribution is -0.118. The van der Waals surface area contributed by atoms with E-state index in [1.54, 1.807) is 7.05 Å². The Morgan fingerprint density at radius 3 is 3.11 bits per heavy atom. The van der Waals surface area contributed by atoms with E-state index in [1.807, 2.05) is 5.38 Å². The number of nitrogens with one attached hydrogen (secondary N) is 1. The van der Waals surface area contributed by atoms with E-state index in [9.17, 15) is 4.79 Å². The summed E-state index contributed by atoms with van der Waals surface area (Å²) < 4.78 is 1.52. The van der Waals surface area contributed by atoms with Crippen LogP contribution in [0.25, 0.3) is 0 Å². The van der Waals surface area contributed by atoms with E-state index < -0.39 is 0 Å². The number of nitrogens with zero attached hydrogens (tertiary/aromatic N) is 5. The smallest absolute Gasteiger partial charge is 0.230 e. The van der Waals surface area contributed by atoms with Gasteiger partial charge in [-0.3, -0.25) is 4.79 Å². The predicted octanol–water partition coefficient (Wildman–Crippen LogP) is -0.300. The van der Waals surface area contributed by atoms with Crippen LogP contribution in [0.1, 0.15) is 5.69 Å². The molecule has 0 saturated heterocycles. The lowest BCUT2D eigenvalue weighted by Crippen LogP contribution is -2.27. The second-order valence-electron chi connectivity index (χ2n) is 3.65. The Kier molecular flexibility index (Phi) is 4.68. The Morgan fingerprint density at radius 1 is 1.63 bits per heavy atom. The first-order chi connectivity index (χ1) is 9.15. The van der Waals surface area contributed by atoms with Gasteiger partial charge in [0.05, 0.1) is 11.4 Å². The highest BCUT2D eigenvalue weighted by molar-refractivity contribution is 7.99. The molecule has 2 rings (SSSR count). The summed E-state index contributed by atoms with van der Waals surface area (Å²) in [5.41, 5.74) is 6.42. The van der Waals surface area contributed by atoms with Crippen molar-refractivity contribution in [2.24, 2.45) is 7.05 Å². The molecule has 0 fully saturated rings. The van der Waals surface area contributed by atoms with Crippen LogP contribution in [0, 0.1) is 0 Å². The largest absolute Gasteiger partial charge is 0.375 e. The van der Waals surface area contributed by atoms with E-state index in [2.05, 4.69) is 25.8 Å². The first-order valence-electron chi connectivity index (χ1n) is 5.47.